The fourth-order valence-corrected chi connectivity index (χ4v) is 1.23. The molecule has 0 atom stereocenters. The Hall–Kier alpha value is -2.02. The van der Waals surface area contributed by atoms with Gasteiger partial charge in [-0.05, 0) is 17.2 Å². The minimum Gasteiger partial charge on any atom is -0.398 e. The lowest BCUT2D eigenvalue weighted by molar-refractivity contribution is 1.58. The summed E-state index contributed by atoms with van der Waals surface area (Å²) in [6.07, 6.45) is 5.39. The Kier molecular flexibility index (Phi) is 3.69. The molecular weight excluding hydrogens is 182 g/mol. The average molecular weight is 197 g/mol. The van der Waals surface area contributed by atoms with Crippen molar-refractivity contribution in [3.05, 3.63) is 73.4 Å². The largest absolute Gasteiger partial charge is 0.398 e. The third kappa shape index (κ3) is 2.71. The number of allylic oxidation sites excluding steroid dienone is 5. The first-order valence-corrected chi connectivity index (χ1v) is 4.69. The normalized spacial score (nSPS) is 10.1. The molecular formula is C14H15N. The highest BCUT2D eigenvalue weighted by molar-refractivity contribution is 5.85. The molecule has 76 valence electrons. The summed E-state index contributed by atoms with van der Waals surface area (Å²) in [6.45, 7) is 11.5. The van der Waals surface area contributed by atoms with E-state index in [9.17, 15) is 0 Å². The van der Waals surface area contributed by atoms with Crippen molar-refractivity contribution in [2.24, 2.45) is 0 Å². The standard InChI is InChI=1S/C14H15N/c1-4-5-8-11(2)12(3)13-9-6-7-10-14(13)15/h4-10H,1-3,15H2. The molecule has 0 amide bonds. The first-order chi connectivity index (χ1) is 7.16. The van der Waals surface area contributed by atoms with E-state index >= 15 is 0 Å². The summed E-state index contributed by atoms with van der Waals surface area (Å²) >= 11 is 0. The Morgan fingerprint density at radius 3 is 2.47 bits per heavy atom. The van der Waals surface area contributed by atoms with Gasteiger partial charge in [-0.2, -0.15) is 0 Å². The van der Waals surface area contributed by atoms with Crippen LogP contribution in [0.25, 0.3) is 5.57 Å². The van der Waals surface area contributed by atoms with Crippen molar-refractivity contribution in [1.29, 1.82) is 0 Å². The van der Waals surface area contributed by atoms with Gasteiger partial charge in [0.2, 0.25) is 0 Å². The zero-order valence-corrected chi connectivity index (χ0v) is 8.74. The Labute approximate surface area is 90.9 Å². The van der Waals surface area contributed by atoms with Crippen LogP contribution in [0.1, 0.15) is 5.56 Å². The van der Waals surface area contributed by atoms with Gasteiger partial charge in [0.05, 0.1) is 0 Å². The lowest BCUT2D eigenvalue weighted by Gasteiger charge is -2.08. The van der Waals surface area contributed by atoms with E-state index in [1.165, 1.54) is 0 Å². The number of nitrogens with two attached hydrogens (primary N) is 1. The van der Waals surface area contributed by atoms with Gasteiger partial charge in [0, 0.05) is 11.3 Å². The van der Waals surface area contributed by atoms with Crippen molar-refractivity contribution >= 4 is 11.3 Å². The molecule has 0 aromatic heterocycles. The molecule has 1 rings (SSSR count). The van der Waals surface area contributed by atoms with Gasteiger partial charge in [-0.15, -0.1) is 0 Å². The molecule has 0 aliphatic carbocycles. The quantitative estimate of drug-likeness (QED) is 0.579. The molecule has 0 heterocycles. The van der Waals surface area contributed by atoms with Crippen molar-refractivity contribution in [2.75, 3.05) is 5.73 Å². The molecule has 0 aliphatic rings. The van der Waals surface area contributed by atoms with E-state index in [2.05, 4.69) is 19.7 Å². The molecule has 1 heteroatoms. The minimum atomic E-state index is 0.718. The van der Waals surface area contributed by atoms with Crippen molar-refractivity contribution in [1.82, 2.24) is 0 Å². The predicted octanol–water partition coefficient (Wildman–Crippen LogP) is 3.58. The number of nitrogen functional groups attached to an aromatic ring is 1. The van der Waals surface area contributed by atoms with Crippen LogP contribution in [-0.4, -0.2) is 0 Å². The number of anilines is 1. The molecule has 0 unspecified atom stereocenters. The molecule has 0 spiro atoms. The van der Waals surface area contributed by atoms with Gasteiger partial charge in [0.15, 0.2) is 0 Å². The zero-order valence-electron chi connectivity index (χ0n) is 8.74. The van der Waals surface area contributed by atoms with Crippen molar-refractivity contribution in [3.8, 4) is 0 Å². The van der Waals surface area contributed by atoms with Crippen LogP contribution in [0.2, 0.25) is 0 Å². The smallest absolute Gasteiger partial charge is 0.0393 e. The molecule has 0 aliphatic heterocycles. The topological polar surface area (TPSA) is 26.0 Å². The third-order valence-corrected chi connectivity index (χ3v) is 2.11. The fourth-order valence-electron chi connectivity index (χ4n) is 1.23. The highest BCUT2D eigenvalue weighted by atomic mass is 14.6. The van der Waals surface area contributed by atoms with E-state index in [0.29, 0.717) is 0 Å². The number of rotatable bonds is 4. The van der Waals surface area contributed by atoms with Crippen LogP contribution in [0.5, 0.6) is 0 Å². The third-order valence-electron chi connectivity index (χ3n) is 2.11. The second-order valence-corrected chi connectivity index (χ2v) is 3.19. The fraction of sp³-hybridized carbons (Fsp3) is 0. The second kappa shape index (κ2) is 5.01. The molecule has 15 heavy (non-hydrogen) atoms. The van der Waals surface area contributed by atoms with Gasteiger partial charge >= 0.3 is 0 Å². The second-order valence-electron chi connectivity index (χ2n) is 3.19. The summed E-state index contributed by atoms with van der Waals surface area (Å²) in [6, 6.07) is 7.62. The van der Waals surface area contributed by atoms with Gasteiger partial charge in [0.25, 0.3) is 0 Å². The summed E-state index contributed by atoms with van der Waals surface area (Å²) in [5, 5.41) is 0. The van der Waals surface area contributed by atoms with E-state index in [1.807, 2.05) is 36.4 Å². The van der Waals surface area contributed by atoms with Crippen LogP contribution in [0.4, 0.5) is 5.69 Å². The van der Waals surface area contributed by atoms with Gasteiger partial charge in [0.1, 0.15) is 0 Å². The van der Waals surface area contributed by atoms with Crippen LogP contribution in [0.3, 0.4) is 0 Å². The van der Waals surface area contributed by atoms with Gasteiger partial charge in [-0.1, -0.05) is 56.2 Å². The molecule has 0 saturated heterocycles. The van der Waals surface area contributed by atoms with Gasteiger partial charge in [-0.3, -0.25) is 0 Å². The Bertz CT molecular complexity index is 425. The summed E-state index contributed by atoms with van der Waals surface area (Å²) < 4.78 is 0. The number of para-hydroxylation sites is 1. The lowest BCUT2D eigenvalue weighted by Crippen LogP contribution is -1.93. The van der Waals surface area contributed by atoms with E-state index in [0.717, 1.165) is 22.4 Å². The van der Waals surface area contributed by atoms with E-state index in [4.69, 9.17) is 5.73 Å². The van der Waals surface area contributed by atoms with Crippen LogP contribution < -0.4 is 5.73 Å². The Morgan fingerprint density at radius 1 is 1.20 bits per heavy atom. The summed E-state index contributed by atoms with van der Waals surface area (Å²) in [5.41, 5.74) is 9.17. The molecule has 0 saturated carbocycles. The van der Waals surface area contributed by atoms with Gasteiger partial charge in [-0.25, -0.2) is 0 Å². The summed E-state index contributed by atoms with van der Waals surface area (Å²) in [4.78, 5) is 0. The van der Waals surface area contributed by atoms with Crippen LogP contribution in [0.15, 0.2) is 67.8 Å². The SMILES string of the molecule is C=CC=CC(=C)C(=C)c1ccccc1N. The first kappa shape index (κ1) is 11.1. The molecule has 0 radical (unpaired) electrons. The number of hydrogen-bond acceptors (Lipinski definition) is 1. The van der Waals surface area contributed by atoms with E-state index in [1.54, 1.807) is 6.08 Å². The Morgan fingerprint density at radius 2 is 1.87 bits per heavy atom. The maximum Gasteiger partial charge on any atom is 0.0393 e. The maximum absolute atomic E-state index is 5.84. The number of benzene rings is 1. The van der Waals surface area contributed by atoms with Crippen LogP contribution >= 0.6 is 0 Å². The first-order valence-electron chi connectivity index (χ1n) is 4.69. The molecule has 1 aromatic rings. The summed E-state index contributed by atoms with van der Waals surface area (Å²) in [5.74, 6) is 0. The highest BCUT2D eigenvalue weighted by Gasteiger charge is 2.03. The zero-order chi connectivity index (χ0) is 11.3. The van der Waals surface area contributed by atoms with Crippen LogP contribution in [0, 0.1) is 0 Å². The minimum absolute atomic E-state index is 0.718. The van der Waals surface area contributed by atoms with Gasteiger partial charge < -0.3 is 5.73 Å². The monoisotopic (exact) mass is 197 g/mol. The van der Waals surface area contributed by atoms with E-state index < -0.39 is 0 Å². The molecule has 0 fully saturated rings. The van der Waals surface area contributed by atoms with Crippen molar-refractivity contribution in [2.45, 2.75) is 0 Å². The molecule has 2 N–H and O–H groups in total. The number of hydrogen-bond donors (Lipinski definition) is 1. The maximum atomic E-state index is 5.84. The molecule has 1 nitrogen and oxygen atoms in total. The summed E-state index contributed by atoms with van der Waals surface area (Å²) in [7, 11) is 0. The molecule has 1 aromatic carbocycles. The van der Waals surface area contributed by atoms with E-state index in [-0.39, 0.29) is 0 Å². The Balaban J connectivity index is 2.95. The lowest BCUT2D eigenvalue weighted by atomic mass is 9.99. The molecule has 0 bridgehead atoms. The van der Waals surface area contributed by atoms with Crippen molar-refractivity contribution in [3.63, 3.8) is 0 Å². The highest BCUT2D eigenvalue weighted by Crippen LogP contribution is 2.25. The average Bonchev–Trinajstić information content (AvgIpc) is 2.25. The van der Waals surface area contributed by atoms with Crippen LogP contribution in [-0.2, 0) is 0 Å². The van der Waals surface area contributed by atoms with Crippen molar-refractivity contribution < 1.29 is 0 Å². The predicted molar refractivity (Wildman–Crippen MR) is 68.4 cm³/mol.